The largest absolute Gasteiger partial charge is 0.372 e. The smallest absolute Gasteiger partial charge is 0.146 e. The number of rotatable bonds is 6. The quantitative estimate of drug-likeness (QED) is 0.888. The highest BCUT2D eigenvalue weighted by Gasteiger charge is 2.14. The highest BCUT2D eigenvalue weighted by molar-refractivity contribution is 5.54. The van der Waals surface area contributed by atoms with Crippen molar-refractivity contribution in [3.8, 4) is 0 Å². The van der Waals surface area contributed by atoms with E-state index in [1.54, 1.807) is 18.5 Å². The lowest BCUT2D eigenvalue weighted by molar-refractivity contribution is 0.616. The van der Waals surface area contributed by atoms with E-state index in [4.69, 9.17) is 5.73 Å². The number of hydrogen-bond donors (Lipinski definition) is 1. The van der Waals surface area contributed by atoms with Crippen LogP contribution in [0.2, 0.25) is 0 Å². The zero-order chi connectivity index (χ0) is 15.2. The van der Waals surface area contributed by atoms with E-state index in [0.29, 0.717) is 12.1 Å². The number of benzene rings is 1. The molecule has 3 nitrogen and oxygen atoms in total. The van der Waals surface area contributed by atoms with Crippen molar-refractivity contribution >= 4 is 5.69 Å². The van der Waals surface area contributed by atoms with Gasteiger partial charge in [-0.1, -0.05) is 12.1 Å². The van der Waals surface area contributed by atoms with Crippen molar-refractivity contribution < 1.29 is 4.39 Å². The average molecular weight is 287 g/mol. The molecule has 1 heterocycles. The summed E-state index contributed by atoms with van der Waals surface area (Å²) >= 11 is 0. The molecule has 0 bridgehead atoms. The molecule has 0 aliphatic heterocycles. The average Bonchev–Trinajstić information content (AvgIpc) is 2.45. The van der Waals surface area contributed by atoms with Gasteiger partial charge in [-0.15, -0.1) is 0 Å². The zero-order valence-electron chi connectivity index (χ0n) is 12.6. The summed E-state index contributed by atoms with van der Waals surface area (Å²) in [6.45, 7) is 2.68. The maximum Gasteiger partial charge on any atom is 0.146 e. The molecule has 0 spiro atoms. The molecule has 21 heavy (non-hydrogen) atoms. The molecule has 0 saturated carbocycles. The first kappa shape index (κ1) is 15.4. The van der Waals surface area contributed by atoms with Crippen LogP contribution in [0.3, 0.4) is 0 Å². The van der Waals surface area contributed by atoms with Crippen molar-refractivity contribution in [3.63, 3.8) is 0 Å². The topological polar surface area (TPSA) is 42.1 Å². The molecule has 0 amide bonds. The predicted octanol–water partition coefficient (Wildman–Crippen LogP) is 2.79. The second kappa shape index (κ2) is 7.18. The van der Waals surface area contributed by atoms with Crippen LogP contribution in [0.5, 0.6) is 0 Å². The molecule has 1 aromatic heterocycles. The van der Waals surface area contributed by atoms with Crippen molar-refractivity contribution in [2.45, 2.75) is 25.8 Å². The van der Waals surface area contributed by atoms with E-state index in [0.717, 1.165) is 18.5 Å². The zero-order valence-corrected chi connectivity index (χ0v) is 12.6. The van der Waals surface area contributed by atoms with Crippen molar-refractivity contribution in [2.75, 3.05) is 18.5 Å². The molecular weight excluding hydrogens is 265 g/mol. The Hall–Kier alpha value is -1.94. The molecule has 1 aromatic carbocycles. The highest BCUT2D eigenvalue weighted by atomic mass is 19.1. The molecule has 0 saturated heterocycles. The van der Waals surface area contributed by atoms with Crippen LogP contribution in [0.1, 0.15) is 18.1 Å². The third-order valence-corrected chi connectivity index (χ3v) is 3.48. The summed E-state index contributed by atoms with van der Waals surface area (Å²) in [5, 5.41) is 0. The maximum absolute atomic E-state index is 14.2. The van der Waals surface area contributed by atoms with Gasteiger partial charge in [0.05, 0.1) is 5.69 Å². The van der Waals surface area contributed by atoms with E-state index in [-0.39, 0.29) is 11.9 Å². The second-order valence-electron chi connectivity index (χ2n) is 5.46. The molecule has 0 fully saturated rings. The normalized spacial score (nSPS) is 12.2. The molecule has 4 heteroatoms. The number of likely N-dealkylation sites (N-methyl/N-ethyl adjacent to an activating group) is 1. The number of nitrogens with two attached hydrogens (primary N) is 1. The molecule has 112 valence electrons. The Labute approximate surface area is 125 Å². The first-order chi connectivity index (χ1) is 10.1. The van der Waals surface area contributed by atoms with Crippen molar-refractivity contribution in [2.24, 2.45) is 5.73 Å². The van der Waals surface area contributed by atoms with E-state index in [2.05, 4.69) is 4.98 Å². The Morgan fingerprint density at radius 1 is 1.24 bits per heavy atom. The molecule has 1 atom stereocenters. The Kier molecular flexibility index (Phi) is 5.28. The minimum Gasteiger partial charge on any atom is -0.372 e. The number of para-hydroxylation sites is 1. The summed E-state index contributed by atoms with van der Waals surface area (Å²) in [4.78, 5) is 5.97. The van der Waals surface area contributed by atoms with Crippen molar-refractivity contribution in [1.82, 2.24) is 4.98 Å². The van der Waals surface area contributed by atoms with E-state index in [1.807, 2.05) is 37.1 Å². The predicted molar refractivity (Wildman–Crippen MR) is 85.0 cm³/mol. The number of hydrogen-bond acceptors (Lipinski definition) is 3. The molecule has 0 aliphatic carbocycles. The van der Waals surface area contributed by atoms with Crippen molar-refractivity contribution in [3.05, 3.63) is 59.7 Å². The maximum atomic E-state index is 14.2. The molecule has 2 rings (SSSR count). The Morgan fingerprint density at radius 2 is 1.95 bits per heavy atom. The number of halogens is 1. The summed E-state index contributed by atoms with van der Waals surface area (Å²) in [5.41, 5.74) is 8.67. The number of aromatic nitrogens is 1. The third-order valence-electron chi connectivity index (χ3n) is 3.48. The fraction of sp³-hybridized carbons (Fsp3) is 0.353. The lowest BCUT2D eigenvalue weighted by Gasteiger charge is -2.24. The molecular formula is C17H22FN3. The van der Waals surface area contributed by atoms with Gasteiger partial charge >= 0.3 is 0 Å². The molecule has 1 unspecified atom stereocenters. The monoisotopic (exact) mass is 287 g/mol. The number of anilines is 1. The van der Waals surface area contributed by atoms with E-state index in [9.17, 15) is 4.39 Å². The summed E-state index contributed by atoms with van der Waals surface area (Å²) in [7, 11) is 1.92. The fourth-order valence-corrected chi connectivity index (χ4v) is 2.46. The van der Waals surface area contributed by atoms with Gasteiger partial charge in [0.2, 0.25) is 0 Å². The number of nitrogens with zero attached hydrogens (tertiary/aromatic N) is 2. The SMILES string of the molecule is CC(N)Cc1cccc(F)c1N(C)CCc1ccncc1. The van der Waals surface area contributed by atoms with Crippen LogP contribution in [-0.2, 0) is 12.8 Å². The Bertz CT molecular complexity index is 570. The summed E-state index contributed by atoms with van der Waals surface area (Å²) < 4.78 is 14.2. The van der Waals surface area contributed by atoms with Crippen LogP contribution in [0.4, 0.5) is 10.1 Å². The minimum absolute atomic E-state index is 0.0131. The molecule has 0 radical (unpaired) electrons. The van der Waals surface area contributed by atoms with Gasteiger partial charge in [-0.3, -0.25) is 4.98 Å². The summed E-state index contributed by atoms with van der Waals surface area (Å²) in [6, 6.07) is 9.18. The van der Waals surface area contributed by atoms with E-state index in [1.165, 1.54) is 11.6 Å². The first-order valence-corrected chi connectivity index (χ1v) is 7.21. The second-order valence-corrected chi connectivity index (χ2v) is 5.46. The third kappa shape index (κ3) is 4.26. The van der Waals surface area contributed by atoms with Gasteiger partial charge in [-0.2, -0.15) is 0 Å². The van der Waals surface area contributed by atoms with E-state index < -0.39 is 0 Å². The van der Waals surface area contributed by atoms with Gasteiger partial charge in [-0.25, -0.2) is 4.39 Å². The van der Waals surface area contributed by atoms with Gasteiger partial charge < -0.3 is 10.6 Å². The Morgan fingerprint density at radius 3 is 2.62 bits per heavy atom. The van der Waals surface area contributed by atoms with Gasteiger partial charge in [-0.05, 0) is 49.1 Å². The van der Waals surface area contributed by atoms with Crippen molar-refractivity contribution in [1.29, 1.82) is 0 Å². The van der Waals surface area contributed by atoms with Gasteiger partial charge in [0.1, 0.15) is 5.82 Å². The Balaban J connectivity index is 2.12. The number of pyridine rings is 1. The van der Waals surface area contributed by atoms with Crippen LogP contribution in [0, 0.1) is 5.82 Å². The summed E-state index contributed by atoms with van der Waals surface area (Å²) in [5.74, 6) is -0.189. The van der Waals surface area contributed by atoms with Crippen LogP contribution < -0.4 is 10.6 Å². The molecule has 0 aliphatic rings. The van der Waals surface area contributed by atoms with Crippen LogP contribution in [0.15, 0.2) is 42.7 Å². The lowest BCUT2D eigenvalue weighted by Crippen LogP contribution is -2.25. The minimum atomic E-state index is -0.189. The van der Waals surface area contributed by atoms with Crippen LogP contribution >= 0.6 is 0 Å². The van der Waals surface area contributed by atoms with Crippen LogP contribution in [-0.4, -0.2) is 24.6 Å². The lowest BCUT2D eigenvalue weighted by atomic mass is 10.0. The van der Waals surface area contributed by atoms with Crippen LogP contribution in [0.25, 0.3) is 0 Å². The van der Waals surface area contributed by atoms with E-state index >= 15 is 0 Å². The van der Waals surface area contributed by atoms with Gasteiger partial charge in [0.25, 0.3) is 0 Å². The van der Waals surface area contributed by atoms with Gasteiger partial charge in [0, 0.05) is 32.0 Å². The molecule has 2 N–H and O–H groups in total. The fourth-order valence-electron chi connectivity index (χ4n) is 2.46. The standard InChI is InChI=1S/C17H22FN3/c1-13(19)12-15-4-3-5-16(18)17(15)21(2)11-8-14-6-9-20-10-7-14/h3-7,9-10,13H,8,11-12,19H2,1-2H3. The first-order valence-electron chi connectivity index (χ1n) is 7.21. The highest BCUT2D eigenvalue weighted by Crippen LogP contribution is 2.24. The molecule has 2 aromatic rings. The summed E-state index contributed by atoms with van der Waals surface area (Å²) in [6.07, 6.45) is 5.08. The van der Waals surface area contributed by atoms with Gasteiger partial charge in [0.15, 0.2) is 0 Å².